The number of hydrogen-bond donors (Lipinski definition) is 1. The lowest BCUT2D eigenvalue weighted by molar-refractivity contribution is -0.145. The average molecular weight is 436 g/mol. The summed E-state index contributed by atoms with van der Waals surface area (Å²) in [4.78, 5) is 24.1. The number of carbonyl (C=O) groups excluding carboxylic acids is 2. The first-order chi connectivity index (χ1) is 12.9. The van der Waals surface area contributed by atoms with Crippen molar-refractivity contribution in [3.8, 4) is 0 Å². The third-order valence-corrected chi connectivity index (χ3v) is 7.13. The molecule has 5 rings (SSSR count). The van der Waals surface area contributed by atoms with E-state index < -0.39 is 5.97 Å². The second kappa shape index (κ2) is 7.46. The zero-order valence-electron chi connectivity index (χ0n) is 15.6. The van der Waals surface area contributed by atoms with Crippen molar-refractivity contribution in [2.45, 2.75) is 51.5 Å². The van der Waals surface area contributed by atoms with E-state index in [0.29, 0.717) is 10.4 Å². The fourth-order valence-corrected chi connectivity index (χ4v) is 6.22. The van der Waals surface area contributed by atoms with Gasteiger partial charge in [-0.3, -0.25) is 4.79 Å². The van der Waals surface area contributed by atoms with E-state index in [1.807, 2.05) is 0 Å². The average Bonchev–Trinajstić information content (AvgIpc) is 3.02. The SMILES string of the molecule is CC(NC(=O)COC(=O)/C=C/c1ccc(Br)o1)C12CC3CC(CC(C3)C1)C2. The lowest BCUT2D eigenvalue weighted by atomic mass is 9.48. The highest BCUT2D eigenvalue weighted by Crippen LogP contribution is 2.61. The molecule has 146 valence electrons. The van der Waals surface area contributed by atoms with Gasteiger partial charge in [0, 0.05) is 12.1 Å². The normalized spacial score (nSPS) is 32.6. The maximum Gasteiger partial charge on any atom is 0.331 e. The lowest BCUT2D eigenvalue weighted by Crippen LogP contribution is -2.56. The summed E-state index contributed by atoms with van der Waals surface area (Å²) in [5, 5.41) is 3.10. The van der Waals surface area contributed by atoms with Gasteiger partial charge in [0.25, 0.3) is 5.91 Å². The Morgan fingerprint density at radius 2 is 1.89 bits per heavy atom. The van der Waals surface area contributed by atoms with Crippen molar-refractivity contribution in [1.29, 1.82) is 0 Å². The Hall–Kier alpha value is -1.56. The van der Waals surface area contributed by atoms with Gasteiger partial charge in [0.2, 0.25) is 0 Å². The number of halogens is 1. The Labute approximate surface area is 168 Å². The van der Waals surface area contributed by atoms with Crippen molar-refractivity contribution in [2.24, 2.45) is 23.2 Å². The first kappa shape index (κ1) is 18.8. The van der Waals surface area contributed by atoms with Crippen molar-refractivity contribution < 1.29 is 18.7 Å². The summed E-state index contributed by atoms with van der Waals surface area (Å²) < 4.78 is 10.9. The van der Waals surface area contributed by atoms with Crippen LogP contribution in [0.5, 0.6) is 0 Å². The van der Waals surface area contributed by atoms with Crippen LogP contribution in [-0.2, 0) is 14.3 Å². The molecule has 1 atom stereocenters. The van der Waals surface area contributed by atoms with Gasteiger partial charge < -0.3 is 14.5 Å². The molecule has 1 aromatic rings. The highest BCUT2D eigenvalue weighted by molar-refractivity contribution is 9.10. The Balaban J connectivity index is 1.25. The van der Waals surface area contributed by atoms with Gasteiger partial charge in [-0.1, -0.05) is 0 Å². The molecule has 4 aliphatic carbocycles. The molecule has 0 spiro atoms. The summed E-state index contributed by atoms with van der Waals surface area (Å²) in [5.74, 6) is 2.31. The third kappa shape index (κ3) is 4.15. The van der Waals surface area contributed by atoms with E-state index in [0.717, 1.165) is 17.8 Å². The lowest BCUT2D eigenvalue weighted by Gasteiger charge is -2.59. The van der Waals surface area contributed by atoms with Gasteiger partial charge in [0.1, 0.15) is 5.76 Å². The minimum absolute atomic E-state index is 0.133. The summed E-state index contributed by atoms with van der Waals surface area (Å²) in [5.41, 5.74) is 0.251. The summed E-state index contributed by atoms with van der Waals surface area (Å²) in [6.45, 7) is 1.88. The second-order valence-electron chi connectivity index (χ2n) is 8.65. The van der Waals surface area contributed by atoms with Crippen LogP contribution in [-0.4, -0.2) is 24.5 Å². The van der Waals surface area contributed by atoms with Crippen LogP contribution in [0, 0.1) is 23.2 Å². The zero-order valence-corrected chi connectivity index (χ0v) is 17.2. The molecule has 4 fully saturated rings. The smallest absolute Gasteiger partial charge is 0.331 e. The minimum Gasteiger partial charge on any atom is -0.452 e. The van der Waals surface area contributed by atoms with Crippen LogP contribution in [0.15, 0.2) is 27.3 Å². The molecule has 1 unspecified atom stereocenters. The first-order valence-corrected chi connectivity index (χ1v) is 10.6. The molecule has 27 heavy (non-hydrogen) atoms. The Morgan fingerprint density at radius 1 is 1.26 bits per heavy atom. The van der Waals surface area contributed by atoms with Crippen molar-refractivity contribution in [2.75, 3.05) is 6.61 Å². The summed E-state index contributed by atoms with van der Waals surface area (Å²) >= 11 is 3.20. The van der Waals surface area contributed by atoms with Crippen LogP contribution >= 0.6 is 15.9 Å². The standard InChI is InChI=1S/C21H26BrNO4/c1-13(21-9-14-6-15(10-21)8-16(7-14)11-21)23-19(24)12-26-20(25)5-3-17-2-4-18(22)27-17/h2-5,13-16H,6-12H2,1H3,(H,23,24)/b5-3+. The van der Waals surface area contributed by atoms with E-state index in [9.17, 15) is 9.59 Å². The summed E-state index contributed by atoms with van der Waals surface area (Å²) in [6.07, 6.45) is 10.7. The topological polar surface area (TPSA) is 68.5 Å². The van der Waals surface area contributed by atoms with E-state index in [4.69, 9.17) is 9.15 Å². The molecule has 1 heterocycles. The van der Waals surface area contributed by atoms with Crippen LogP contribution in [0.25, 0.3) is 6.08 Å². The number of ether oxygens (including phenoxy) is 1. The zero-order chi connectivity index (χ0) is 19.0. The fraction of sp³-hybridized carbons (Fsp3) is 0.619. The molecule has 4 bridgehead atoms. The molecular weight excluding hydrogens is 410 g/mol. The molecule has 0 aromatic carbocycles. The van der Waals surface area contributed by atoms with Gasteiger partial charge in [0.05, 0.1) is 0 Å². The molecule has 0 saturated heterocycles. The van der Waals surface area contributed by atoms with Crippen LogP contribution in [0.3, 0.4) is 0 Å². The van der Waals surface area contributed by atoms with Crippen LogP contribution < -0.4 is 5.32 Å². The number of esters is 1. The van der Waals surface area contributed by atoms with Gasteiger partial charge in [-0.2, -0.15) is 0 Å². The van der Waals surface area contributed by atoms with Crippen LogP contribution in [0.1, 0.15) is 51.2 Å². The molecule has 1 N–H and O–H groups in total. The monoisotopic (exact) mass is 435 g/mol. The summed E-state index contributed by atoms with van der Waals surface area (Å²) in [7, 11) is 0. The van der Waals surface area contributed by atoms with Crippen molar-refractivity contribution >= 4 is 33.9 Å². The Morgan fingerprint density at radius 3 is 2.44 bits per heavy atom. The predicted octanol–water partition coefficient (Wildman–Crippen LogP) is 4.32. The molecule has 1 aromatic heterocycles. The molecule has 6 heteroatoms. The van der Waals surface area contributed by atoms with Gasteiger partial charge in [-0.05, 0) is 103 Å². The van der Waals surface area contributed by atoms with E-state index in [1.54, 1.807) is 12.1 Å². The number of nitrogens with one attached hydrogen (secondary N) is 1. The molecule has 0 aliphatic heterocycles. The molecule has 1 amide bonds. The predicted molar refractivity (Wildman–Crippen MR) is 105 cm³/mol. The molecule has 0 radical (unpaired) electrons. The largest absolute Gasteiger partial charge is 0.452 e. The van der Waals surface area contributed by atoms with E-state index in [1.165, 1.54) is 50.7 Å². The minimum atomic E-state index is -0.555. The quantitative estimate of drug-likeness (QED) is 0.533. The fourth-order valence-electron chi connectivity index (χ4n) is 5.90. The van der Waals surface area contributed by atoms with Gasteiger partial charge in [0.15, 0.2) is 11.3 Å². The third-order valence-electron chi connectivity index (χ3n) is 6.70. The number of amides is 1. The number of furan rings is 1. The van der Waals surface area contributed by atoms with Gasteiger partial charge >= 0.3 is 5.97 Å². The highest BCUT2D eigenvalue weighted by Gasteiger charge is 2.53. The van der Waals surface area contributed by atoms with Crippen LogP contribution in [0.4, 0.5) is 0 Å². The van der Waals surface area contributed by atoms with Crippen molar-refractivity contribution in [3.05, 3.63) is 28.6 Å². The van der Waals surface area contributed by atoms with Crippen LogP contribution in [0.2, 0.25) is 0 Å². The number of hydrogen-bond acceptors (Lipinski definition) is 4. The Kier molecular flexibility index (Phi) is 5.19. The maximum atomic E-state index is 12.3. The van der Waals surface area contributed by atoms with E-state index in [2.05, 4.69) is 28.2 Å². The molecular formula is C21H26BrNO4. The second-order valence-corrected chi connectivity index (χ2v) is 9.43. The molecule has 5 nitrogen and oxygen atoms in total. The number of rotatable bonds is 6. The molecule has 4 aliphatic rings. The van der Waals surface area contributed by atoms with Gasteiger partial charge in [-0.25, -0.2) is 4.79 Å². The van der Waals surface area contributed by atoms with Crippen molar-refractivity contribution in [3.63, 3.8) is 0 Å². The first-order valence-electron chi connectivity index (χ1n) is 9.81. The van der Waals surface area contributed by atoms with Crippen molar-refractivity contribution in [1.82, 2.24) is 5.32 Å². The summed E-state index contributed by atoms with van der Waals surface area (Å²) in [6, 6.07) is 3.60. The molecule has 4 saturated carbocycles. The van der Waals surface area contributed by atoms with E-state index >= 15 is 0 Å². The maximum absolute atomic E-state index is 12.3. The number of carbonyl (C=O) groups is 2. The van der Waals surface area contributed by atoms with Gasteiger partial charge in [-0.15, -0.1) is 0 Å². The Bertz CT molecular complexity index is 718. The van der Waals surface area contributed by atoms with E-state index in [-0.39, 0.29) is 24.0 Å². The highest BCUT2D eigenvalue weighted by atomic mass is 79.9.